The number of ether oxygens (including phenoxy) is 1. The molecule has 12 heteroatoms. The summed E-state index contributed by atoms with van der Waals surface area (Å²) in [6, 6.07) is 12.2. The van der Waals surface area contributed by atoms with Crippen molar-refractivity contribution in [1.29, 1.82) is 5.26 Å². The summed E-state index contributed by atoms with van der Waals surface area (Å²) in [5.41, 5.74) is -2.69. The van der Waals surface area contributed by atoms with Gasteiger partial charge in [-0.1, -0.05) is 0 Å². The minimum atomic E-state index is -4.79. The largest absolute Gasteiger partial charge is 0.431 e. The maximum atomic E-state index is 14.4. The lowest BCUT2D eigenvalue weighted by atomic mass is 9.79. The maximum absolute atomic E-state index is 14.4. The van der Waals surface area contributed by atoms with E-state index in [2.05, 4.69) is 27.7 Å². The first-order valence-corrected chi connectivity index (χ1v) is 12.3. The molecule has 0 N–H and O–H groups in total. The first kappa shape index (κ1) is 24.9. The second-order valence-electron chi connectivity index (χ2n) is 8.67. The van der Waals surface area contributed by atoms with Crippen molar-refractivity contribution >= 4 is 45.6 Å². The third-order valence-electron chi connectivity index (χ3n) is 6.78. The maximum Gasteiger partial charge on any atom is 0.431 e. The van der Waals surface area contributed by atoms with Crippen LogP contribution < -0.4 is 9.91 Å². The van der Waals surface area contributed by atoms with Gasteiger partial charge in [0.25, 0.3) is 5.91 Å². The highest BCUT2D eigenvalue weighted by Gasteiger charge is 2.67. The van der Waals surface area contributed by atoms with E-state index in [1.807, 2.05) is 12.1 Å². The third-order valence-corrected chi connectivity index (χ3v) is 7.50. The van der Waals surface area contributed by atoms with Crippen LogP contribution in [-0.2, 0) is 9.53 Å². The van der Waals surface area contributed by atoms with Crippen molar-refractivity contribution in [3.8, 4) is 6.07 Å². The summed E-state index contributed by atoms with van der Waals surface area (Å²) in [5.74, 6) is -2.67. The number of hydrogen-bond acceptors (Lipinski definition) is 6. The van der Waals surface area contributed by atoms with Crippen LogP contribution in [0.15, 0.2) is 47.6 Å². The number of halogens is 5. The highest BCUT2D eigenvalue weighted by Crippen LogP contribution is 2.49. The Hall–Kier alpha value is -2.76. The number of amides is 1. The molecular formula is C24H20F4IN5O2. The lowest BCUT2D eigenvalue weighted by Gasteiger charge is -2.53. The van der Waals surface area contributed by atoms with E-state index in [-0.39, 0.29) is 50.5 Å². The number of fused-ring (bicyclic) bond motifs is 1. The van der Waals surface area contributed by atoms with Gasteiger partial charge in [-0.05, 0) is 71.5 Å². The molecule has 2 aromatic rings. The summed E-state index contributed by atoms with van der Waals surface area (Å²) in [7, 11) is 0. The van der Waals surface area contributed by atoms with Crippen LogP contribution in [0.2, 0.25) is 0 Å². The number of alkyl halides is 3. The smallest absolute Gasteiger partial charge is 0.379 e. The first-order valence-electron chi connectivity index (χ1n) is 11.2. The zero-order chi connectivity index (χ0) is 25.7. The van der Waals surface area contributed by atoms with Crippen molar-refractivity contribution in [1.82, 2.24) is 4.90 Å². The van der Waals surface area contributed by atoms with Gasteiger partial charge in [0, 0.05) is 28.9 Å². The molecule has 0 spiro atoms. The molecule has 0 unspecified atom stereocenters. The number of hydrazone groups is 1. The van der Waals surface area contributed by atoms with E-state index in [1.165, 1.54) is 11.0 Å². The quantitative estimate of drug-likeness (QED) is 0.385. The minimum absolute atomic E-state index is 0.0101. The van der Waals surface area contributed by atoms with Crippen LogP contribution in [0.4, 0.5) is 28.9 Å². The predicted octanol–water partition coefficient (Wildman–Crippen LogP) is 4.12. The molecule has 2 aromatic carbocycles. The second-order valence-corrected chi connectivity index (χ2v) is 9.92. The summed E-state index contributed by atoms with van der Waals surface area (Å²) in [6.07, 6.45) is -4.78. The van der Waals surface area contributed by atoms with Crippen LogP contribution in [0.1, 0.15) is 12.0 Å². The van der Waals surface area contributed by atoms with Gasteiger partial charge < -0.3 is 9.64 Å². The monoisotopic (exact) mass is 613 g/mol. The Bertz CT molecular complexity index is 1260. The van der Waals surface area contributed by atoms with Crippen LogP contribution in [0, 0.1) is 26.6 Å². The molecule has 1 amide bonds. The van der Waals surface area contributed by atoms with E-state index < -0.39 is 35.2 Å². The molecule has 7 nitrogen and oxygen atoms in total. The standard InChI is InChI=1S/C24H20F4IN5O2/c25-20-6-5-18(13-15(20)14-30)34-23(32-9-11-36-12-10-32)19(21(31-34)24(26,27)28)7-8-33(22(23)35)17-3-1-16(29)2-4-17/h1-6,13,19H,7-12H2/t19-,23+/m0/s1. The van der Waals surface area contributed by atoms with Gasteiger partial charge in [0.15, 0.2) is 0 Å². The van der Waals surface area contributed by atoms with Crippen LogP contribution in [0.3, 0.4) is 0 Å². The van der Waals surface area contributed by atoms with E-state index in [9.17, 15) is 27.6 Å². The molecule has 0 radical (unpaired) electrons. The van der Waals surface area contributed by atoms with Crippen molar-refractivity contribution in [3.05, 3.63) is 57.4 Å². The average molecular weight is 613 g/mol. The number of piperidine rings is 1. The van der Waals surface area contributed by atoms with Crippen molar-refractivity contribution in [3.63, 3.8) is 0 Å². The van der Waals surface area contributed by atoms with Crippen LogP contribution in [0.25, 0.3) is 0 Å². The van der Waals surface area contributed by atoms with Crippen LogP contribution >= 0.6 is 22.6 Å². The van der Waals surface area contributed by atoms with Gasteiger partial charge in [0.2, 0.25) is 5.66 Å². The van der Waals surface area contributed by atoms with E-state index in [0.29, 0.717) is 5.69 Å². The van der Waals surface area contributed by atoms with Gasteiger partial charge >= 0.3 is 6.18 Å². The zero-order valence-corrected chi connectivity index (χ0v) is 21.0. The topological polar surface area (TPSA) is 72.2 Å². The number of nitriles is 1. The van der Waals surface area contributed by atoms with Crippen molar-refractivity contribution in [2.24, 2.45) is 11.0 Å². The van der Waals surface area contributed by atoms with Gasteiger partial charge in [-0.3, -0.25) is 9.69 Å². The molecule has 3 aliphatic rings. The molecule has 36 heavy (non-hydrogen) atoms. The molecule has 3 heterocycles. The number of nitrogens with zero attached hydrogens (tertiary/aromatic N) is 5. The van der Waals surface area contributed by atoms with Crippen molar-refractivity contribution < 1.29 is 27.1 Å². The van der Waals surface area contributed by atoms with Crippen LogP contribution in [0.5, 0.6) is 0 Å². The fourth-order valence-corrected chi connectivity index (χ4v) is 5.59. The van der Waals surface area contributed by atoms with Gasteiger partial charge in [-0.25, -0.2) is 9.40 Å². The Morgan fingerprint density at radius 3 is 2.39 bits per heavy atom. The fourth-order valence-electron chi connectivity index (χ4n) is 5.23. The van der Waals surface area contributed by atoms with Crippen molar-refractivity contribution in [2.45, 2.75) is 18.3 Å². The molecule has 0 bridgehead atoms. The molecule has 0 aliphatic carbocycles. The Morgan fingerprint density at radius 1 is 1.08 bits per heavy atom. The molecule has 3 aliphatic heterocycles. The predicted molar refractivity (Wildman–Crippen MR) is 132 cm³/mol. The normalized spacial score (nSPS) is 24.9. The molecule has 0 aromatic heterocycles. The van der Waals surface area contributed by atoms with Crippen LogP contribution in [-0.4, -0.2) is 61.2 Å². The average Bonchev–Trinajstić information content (AvgIpc) is 3.23. The SMILES string of the molecule is N#Cc1cc(N2N=C(C(F)(F)F)[C@@H]3CCN(c4ccc(I)cc4)C(=O)[C@@]32N2CCOCC2)ccc1F. The number of carbonyl (C=O) groups excluding carboxylic acids is 1. The summed E-state index contributed by atoms with van der Waals surface area (Å²) in [4.78, 5) is 17.6. The van der Waals surface area contributed by atoms with Gasteiger partial charge in [0.1, 0.15) is 17.6 Å². The number of anilines is 2. The molecule has 2 fully saturated rings. The molecule has 2 atom stereocenters. The molecule has 0 saturated carbocycles. The Labute approximate surface area is 218 Å². The van der Waals surface area contributed by atoms with E-state index in [1.54, 1.807) is 23.1 Å². The summed E-state index contributed by atoms with van der Waals surface area (Å²) >= 11 is 2.13. The summed E-state index contributed by atoms with van der Waals surface area (Å²) in [5, 5.41) is 14.4. The zero-order valence-electron chi connectivity index (χ0n) is 18.8. The summed E-state index contributed by atoms with van der Waals surface area (Å²) < 4.78 is 63.5. The van der Waals surface area contributed by atoms with Gasteiger partial charge in [-0.15, -0.1) is 0 Å². The number of rotatable bonds is 3. The second kappa shape index (κ2) is 9.28. The number of hydrogen-bond donors (Lipinski definition) is 0. The lowest BCUT2D eigenvalue weighted by molar-refractivity contribution is -0.139. The highest BCUT2D eigenvalue weighted by atomic mass is 127. The number of benzene rings is 2. The minimum Gasteiger partial charge on any atom is -0.379 e. The van der Waals surface area contributed by atoms with Crippen molar-refractivity contribution in [2.75, 3.05) is 42.8 Å². The first-order chi connectivity index (χ1) is 17.2. The lowest BCUT2D eigenvalue weighted by Crippen LogP contribution is -2.74. The van der Waals surface area contributed by atoms with E-state index >= 15 is 0 Å². The van der Waals surface area contributed by atoms with E-state index in [4.69, 9.17) is 4.74 Å². The Balaban J connectivity index is 1.72. The van der Waals surface area contributed by atoms with Gasteiger partial charge in [-0.2, -0.15) is 23.5 Å². The number of carbonyl (C=O) groups is 1. The molecule has 2 saturated heterocycles. The van der Waals surface area contributed by atoms with Gasteiger partial charge in [0.05, 0.1) is 30.4 Å². The summed E-state index contributed by atoms with van der Waals surface area (Å²) in [6.45, 7) is 0.936. The Morgan fingerprint density at radius 2 is 1.75 bits per heavy atom. The highest BCUT2D eigenvalue weighted by molar-refractivity contribution is 14.1. The molecule has 188 valence electrons. The number of morpholine rings is 1. The Kier molecular flexibility index (Phi) is 6.42. The molecular weight excluding hydrogens is 593 g/mol. The van der Waals surface area contributed by atoms with E-state index in [0.717, 1.165) is 20.7 Å². The third kappa shape index (κ3) is 3.93. The molecule has 5 rings (SSSR count). The fraction of sp³-hybridized carbons (Fsp3) is 0.375.